The van der Waals surface area contributed by atoms with Crippen LogP contribution in [-0.2, 0) is 4.79 Å². The maximum atomic E-state index is 12.2. The Morgan fingerprint density at radius 2 is 1.95 bits per heavy atom. The van der Waals surface area contributed by atoms with Crippen molar-refractivity contribution in [3.8, 4) is 11.8 Å². The normalized spacial score (nSPS) is 29.4. The minimum atomic E-state index is 0.272. The molecule has 0 amide bonds. The fraction of sp³-hybridized carbons (Fsp3) is 0.526. The molecule has 110 valence electrons. The van der Waals surface area contributed by atoms with Gasteiger partial charge in [0.05, 0.1) is 6.54 Å². The topological polar surface area (TPSA) is 20.3 Å². The van der Waals surface area contributed by atoms with Crippen LogP contribution < -0.4 is 0 Å². The van der Waals surface area contributed by atoms with Crippen molar-refractivity contribution in [1.82, 2.24) is 4.90 Å². The molecule has 1 aliphatic carbocycles. The summed E-state index contributed by atoms with van der Waals surface area (Å²) in [5.74, 6) is 7.31. The number of benzene rings is 1. The van der Waals surface area contributed by atoms with Gasteiger partial charge >= 0.3 is 0 Å². The van der Waals surface area contributed by atoms with Gasteiger partial charge in [0.25, 0.3) is 0 Å². The van der Waals surface area contributed by atoms with Gasteiger partial charge in [-0.15, -0.1) is 0 Å². The molecule has 0 N–H and O–H groups in total. The van der Waals surface area contributed by atoms with E-state index in [1.54, 1.807) is 0 Å². The highest BCUT2D eigenvalue weighted by molar-refractivity contribution is 5.83. The molecular formula is C19H23NO. The first kappa shape index (κ1) is 14.4. The average Bonchev–Trinajstić information content (AvgIpc) is 2.51. The number of rotatable bonds is 1. The fourth-order valence-electron chi connectivity index (χ4n) is 3.80. The molecule has 1 saturated carbocycles. The Labute approximate surface area is 127 Å². The van der Waals surface area contributed by atoms with Gasteiger partial charge in [-0.25, -0.2) is 0 Å². The number of piperidine rings is 1. The van der Waals surface area contributed by atoms with E-state index < -0.39 is 0 Å². The van der Waals surface area contributed by atoms with Crippen LogP contribution in [0, 0.1) is 17.8 Å². The van der Waals surface area contributed by atoms with E-state index in [4.69, 9.17) is 0 Å². The summed E-state index contributed by atoms with van der Waals surface area (Å²) in [6, 6.07) is 10.9. The molecule has 21 heavy (non-hydrogen) atoms. The van der Waals surface area contributed by atoms with Crippen LogP contribution in [0.3, 0.4) is 0 Å². The van der Waals surface area contributed by atoms with Crippen LogP contribution >= 0.6 is 0 Å². The predicted octanol–water partition coefficient (Wildman–Crippen LogP) is 3.26. The predicted molar refractivity (Wildman–Crippen MR) is 84.9 cm³/mol. The van der Waals surface area contributed by atoms with Gasteiger partial charge < -0.3 is 0 Å². The Morgan fingerprint density at radius 3 is 2.76 bits per heavy atom. The third-order valence-electron chi connectivity index (χ3n) is 4.90. The number of hydrogen-bond acceptors (Lipinski definition) is 2. The van der Waals surface area contributed by atoms with E-state index in [0.717, 1.165) is 24.9 Å². The molecule has 0 aromatic heterocycles. The molecular weight excluding hydrogens is 258 g/mol. The van der Waals surface area contributed by atoms with E-state index >= 15 is 0 Å². The summed E-state index contributed by atoms with van der Waals surface area (Å²) in [4.78, 5) is 14.7. The molecule has 1 aromatic rings. The second kappa shape index (κ2) is 6.45. The van der Waals surface area contributed by atoms with E-state index in [1.165, 1.54) is 12.8 Å². The van der Waals surface area contributed by atoms with E-state index in [2.05, 4.69) is 23.7 Å². The lowest BCUT2D eigenvalue weighted by atomic mass is 9.75. The molecule has 0 bridgehead atoms. The third kappa shape index (κ3) is 3.19. The fourth-order valence-corrected chi connectivity index (χ4v) is 3.80. The number of fused-ring (bicyclic) bond motifs is 1. The second-order valence-corrected chi connectivity index (χ2v) is 6.32. The highest BCUT2D eigenvalue weighted by Crippen LogP contribution is 2.35. The van der Waals surface area contributed by atoms with Crippen LogP contribution in [0.15, 0.2) is 30.3 Å². The van der Waals surface area contributed by atoms with Crippen molar-refractivity contribution in [1.29, 1.82) is 0 Å². The molecule has 0 radical (unpaired) electrons. The van der Waals surface area contributed by atoms with Crippen molar-refractivity contribution < 1.29 is 4.79 Å². The van der Waals surface area contributed by atoms with E-state index in [-0.39, 0.29) is 5.92 Å². The van der Waals surface area contributed by atoms with Crippen LogP contribution in [0.5, 0.6) is 0 Å². The Kier molecular flexibility index (Phi) is 4.41. The zero-order valence-corrected chi connectivity index (χ0v) is 12.7. The smallest absolute Gasteiger partial charge is 0.139 e. The summed E-state index contributed by atoms with van der Waals surface area (Å²) >= 11 is 0. The van der Waals surface area contributed by atoms with Gasteiger partial charge in [-0.2, -0.15) is 0 Å². The van der Waals surface area contributed by atoms with Crippen molar-refractivity contribution in [3.05, 3.63) is 35.9 Å². The zero-order valence-electron chi connectivity index (χ0n) is 12.7. The second-order valence-electron chi connectivity index (χ2n) is 6.32. The molecule has 2 nitrogen and oxygen atoms in total. The summed E-state index contributed by atoms with van der Waals surface area (Å²) in [6.07, 6.45) is 5.41. The van der Waals surface area contributed by atoms with Gasteiger partial charge in [-0.05, 0) is 31.9 Å². The number of nitrogens with zero attached hydrogens (tertiary/aromatic N) is 1. The van der Waals surface area contributed by atoms with Crippen molar-refractivity contribution in [2.45, 2.75) is 51.1 Å². The van der Waals surface area contributed by atoms with Crippen molar-refractivity contribution in [2.24, 2.45) is 5.92 Å². The molecule has 1 aliphatic heterocycles. The summed E-state index contributed by atoms with van der Waals surface area (Å²) in [5, 5.41) is 0. The summed E-state index contributed by atoms with van der Waals surface area (Å²) in [5.41, 5.74) is 1.07. The summed E-state index contributed by atoms with van der Waals surface area (Å²) < 4.78 is 0. The Bertz CT molecular complexity index is 554. The van der Waals surface area contributed by atoms with Crippen molar-refractivity contribution >= 4 is 5.78 Å². The van der Waals surface area contributed by atoms with Crippen molar-refractivity contribution in [3.63, 3.8) is 0 Å². The highest BCUT2D eigenvalue weighted by Gasteiger charge is 2.41. The summed E-state index contributed by atoms with van der Waals surface area (Å²) in [6.45, 7) is 2.96. The number of hydrogen-bond donors (Lipinski definition) is 0. The number of carbonyl (C=O) groups excluding carboxylic acids is 1. The lowest BCUT2D eigenvalue weighted by molar-refractivity contribution is -0.132. The number of carbonyl (C=O) groups is 1. The van der Waals surface area contributed by atoms with Crippen LogP contribution in [0.4, 0.5) is 0 Å². The Hall–Kier alpha value is -1.59. The van der Waals surface area contributed by atoms with Crippen LogP contribution in [0.25, 0.3) is 0 Å². The van der Waals surface area contributed by atoms with E-state index in [1.807, 2.05) is 30.3 Å². The minimum Gasteiger partial charge on any atom is -0.299 e. The first-order chi connectivity index (χ1) is 10.3. The Morgan fingerprint density at radius 1 is 1.19 bits per heavy atom. The first-order valence-corrected chi connectivity index (χ1v) is 8.08. The molecule has 1 heterocycles. The van der Waals surface area contributed by atoms with Gasteiger partial charge in [-0.1, -0.05) is 42.9 Å². The van der Waals surface area contributed by atoms with Crippen LogP contribution in [0.2, 0.25) is 0 Å². The SMILES string of the molecule is CC1CC(=O)C2CCCCC2N1CC#Cc1ccccc1. The monoisotopic (exact) mass is 281 g/mol. The van der Waals surface area contributed by atoms with Gasteiger partial charge in [-0.3, -0.25) is 9.69 Å². The van der Waals surface area contributed by atoms with Gasteiger partial charge in [0.15, 0.2) is 0 Å². The Balaban J connectivity index is 1.71. The number of ketones is 1. The lowest BCUT2D eigenvalue weighted by Gasteiger charge is -2.45. The van der Waals surface area contributed by atoms with Gasteiger partial charge in [0, 0.05) is 30.0 Å². The zero-order chi connectivity index (χ0) is 14.7. The maximum Gasteiger partial charge on any atom is 0.139 e. The summed E-state index contributed by atoms with van der Waals surface area (Å²) in [7, 11) is 0. The number of likely N-dealkylation sites (tertiary alicyclic amines) is 1. The molecule has 2 aliphatic rings. The van der Waals surface area contributed by atoms with Gasteiger partial charge in [0.1, 0.15) is 5.78 Å². The molecule has 2 heteroatoms. The molecule has 1 aromatic carbocycles. The molecule has 0 spiro atoms. The molecule has 3 rings (SSSR count). The minimum absolute atomic E-state index is 0.272. The average molecular weight is 281 g/mol. The molecule has 1 saturated heterocycles. The van der Waals surface area contributed by atoms with E-state index in [0.29, 0.717) is 24.3 Å². The maximum absolute atomic E-state index is 12.2. The van der Waals surface area contributed by atoms with Crippen molar-refractivity contribution in [2.75, 3.05) is 6.54 Å². The van der Waals surface area contributed by atoms with Crippen LogP contribution in [-0.4, -0.2) is 29.3 Å². The highest BCUT2D eigenvalue weighted by atomic mass is 16.1. The van der Waals surface area contributed by atoms with Crippen LogP contribution in [0.1, 0.15) is 44.6 Å². The molecule has 3 unspecified atom stereocenters. The van der Waals surface area contributed by atoms with E-state index in [9.17, 15) is 4.79 Å². The van der Waals surface area contributed by atoms with Gasteiger partial charge in [0.2, 0.25) is 0 Å². The standard InChI is InChI=1S/C19H23NO/c1-15-14-19(21)17-11-5-6-12-18(17)20(15)13-7-10-16-8-3-2-4-9-16/h2-4,8-9,15,17-18H,5-6,11-14H2,1H3. The number of Topliss-reactive ketones (excluding diaryl/α,β-unsaturated/α-hetero) is 1. The third-order valence-corrected chi connectivity index (χ3v) is 4.90. The molecule has 2 fully saturated rings. The quantitative estimate of drug-likeness (QED) is 0.736. The first-order valence-electron chi connectivity index (χ1n) is 8.08. The lowest BCUT2D eigenvalue weighted by Crippen LogP contribution is -2.54. The molecule has 3 atom stereocenters. The largest absolute Gasteiger partial charge is 0.299 e.